The van der Waals surface area contributed by atoms with E-state index in [1.807, 2.05) is 12.3 Å². The van der Waals surface area contributed by atoms with Gasteiger partial charge in [0.1, 0.15) is 0 Å². The fourth-order valence-electron chi connectivity index (χ4n) is 3.17. The second-order valence-corrected chi connectivity index (χ2v) is 5.92. The summed E-state index contributed by atoms with van der Waals surface area (Å²) in [5, 5.41) is 0.949. The van der Waals surface area contributed by atoms with E-state index in [-0.39, 0.29) is 17.1 Å². The van der Waals surface area contributed by atoms with Crippen LogP contribution in [-0.4, -0.2) is 15.8 Å². The van der Waals surface area contributed by atoms with Gasteiger partial charge in [-0.2, -0.15) is 0 Å². The Hall–Kier alpha value is -1.64. The summed E-state index contributed by atoms with van der Waals surface area (Å²) in [6.07, 6.45) is 8.67. The van der Waals surface area contributed by atoms with Gasteiger partial charge in [0.15, 0.2) is 5.78 Å². The lowest BCUT2D eigenvalue weighted by atomic mass is 9.78. The Kier molecular flexibility index (Phi) is 2.51. The van der Waals surface area contributed by atoms with Crippen LogP contribution in [0.1, 0.15) is 43.5 Å². The lowest BCUT2D eigenvalue weighted by molar-refractivity contribution is 0.0841. The van der Waals surface area contributed by atoms with Gasteiger partial charge in [-0.1, -0.05) is 20.3 Å². The topological polar surface area (TPSA) is 45.8 Å². The largest absolute Gasteiger partial charge is 0.360 e. The maximum atomic E-state index is 12.7. The van der Waals surface area contributed by atoms with Crippen LogP contribution in [0.15, 0.2) is 24.7 Å². The number of aromatic nitrogens is 2. The first-order valence-corrected chi connectivity index (χ1v) is 6.55. The highest BCUT2D eigenvalue weighted by Gasteiger charge is 2.40. The van der Waals surface area contributed by atoms with Crippen LogP contribution < -0.4 is 0 Å². The van der Waals surface area contributed by atoms with Crippen LogP contribution in [-0.2, 0) is 0 Å². The van der Waals surface area contributed by atoms with Crippen molar-refractivity contribution in [3.8, 4) is 0 Å². The van der Waals surface area contributed by atoms with E-state index in [4.69, 9.17) is 0 Å². The van der Waals surface area contributed by atoms with Crippen LogP contribution in [0.2, 0.25) is 0 Å². The number of H-pyrrole nitrogens is 1. The van der Waals surface area contributed by atoms with E-state index in [0.29, 0.717) is 0 Å². The summed E-state index contributed by atoms with van der Waals surface area (Å²) in [4.78, 5) is 20.0. The van der Waals surface area contributed by atoms with Crippen molar-refractivity contribution in [2.45, 2.75) is 33.1 Å². The minimum Gasteiger partial charge on any atom is -0.360 e. The number of pyridine rings is 1. The molecule has 1 atom stereocenters. The maximum absolute atomic E-state index is 12.7. The molecule has 1 unspecified atom stereocenters. The quantitative estimate of drug-likeness (QED) is 0.818. The molecule has 3 nitrogen and oxygen atoms in total. The third-order valence-corrected chi connectivity index (χ3v) is 4.32. The predicted molar refractivity (Wildman–Crippen MR) is 71.5 cm³/mol. The molecule has 2 heterocycles. The number of hydrogen-bond donors (Lipinski definition) is 1. The molecule has 3 rings (SSSR count). The minimum atomic E-state index is 0.128. The van der Waals surface area contributed by atoms with Gasteiger partial charge in [-0.3, -0.25) is 9.78 Å². The third kappa shape index (κ3) is 1.65. The van der Waals surface area contributed by atoms with Crippen LogP contribution in [0.4, 0.5) is 0 Å². The van der Waals surface area contributed by atoms with E-state index in [2.05, 4.69) is 23.8 Å². The molecule has 1 aliphatic rings. The Labute approximate surface area is 107 Å². The number of aromatic amines is 1. The van der Waals surface area contributed by atoms with Crippen molar-refractivity contribution in [2.24, 2.45) is 11.3 Å². The molecule has 0 radical (unpaired) electrons. The van der Waals surface area contributed by atoms with Gasteiger partial charge in [0.05, 0.1) is 0 Å². The van der Waals surface area contributed by atoms with Crippen LogP contribution >= 0.6 is 0 Å². The molecular weight excluding hydrogens is 224 g/mol. The second kappa shape index (κ2) is 3.94. The zero-order valence-electron chi connectivity index (χ0n) is 10.9. The summed E-state index contributed by atoms with van der Waals surface area (Å²) >= 11 is 0. The fourth-order valence-corrected chi connectivity index (χ4v) is 3.17. The molecule has 94 valence electrons. The number of hydrogen-bond acceptors (Lipinski definition) is 2. The summed E-state index contributed by atoms with van der Waals surface area (Å²) in [7, 11) is 0. The lowest BCUT2D eigenvalue weighted by Crippen LogP contribution is -2.25. The summed E-state index contributed by atoms with van der Waals surface area (Å²) in [5.74, 6) is 0.424. The molecule has 2 aromatic rings. The molecule has 0 aliphatic heterocycles. The standard InChI is InChI=1S/C15H18N2O/c1-15(2)6-3-4-12(15)14(18)11-9-17-13-5-7-16-8-10(11)13/h5,7-9,12,17H,3-4,6H2,1-2H3. The summed E-state index contributed by atoms with van der Waals surface area (Å²) < 4.78 is 0. The van der Waals surface area contributed by atoms with Crippen LogP contribution in [0.25, 0.3) is 10.9 Å². The number of carbonyl (C=O) groups is 1. The Morgan fingerprint density at radius 1 is 1.50 bits per heavy atom. The average Bonchev–Trinajstić information content (AvgIpc) is 2.91. The van der Waals surface area contributed by atoms with E-state index >= 15 is 0 Å². The van der Waals surface area contributed by atoms with Gasteiger partial charge in [-0.05, 0) is 24.3 Å². The van der Waals surface area contributed by atoms with Gasteiger partial charge >= 0.3 is 0 Å². The first-order valence-electron chi connectivity index (χ1n) is 6.55. The number of ketones is 1. The normalized spacial score (nSPS) is 22.4. The molecule has 2 aromatic heterocycles. The highest BCUT2D eigenvalue weighted by molar-refractivity contribution is 6.09. The van der Waals surface area contributed by atoms with E-state index in [1.54, 1.807) is 12.4 Å². The van der Waals surface area contributed by atoms with Crippen molar-refractivity contribution in [1.29, 1.82) is 0 Å². The van der Waals surface area contributed by atoms with Crippen molar-refractivity contribution >= 4 is 16.7 Å². The molecule has 1 fully saturated rings. The van der Waals surface area contributed by atoms with Crippen LogP contribution in [0.3, 0.4) is 0 Å². The number of fused-ring (bicyclic) bond motifs is 1. The van der Waals surface area contributed by atoms with Crippen molar-refractivity contribution in [3.63, 3.8) is 0 Å². The number of nitrogens with one attached hydrogen (secondary N) is 1. The first kappa shape index (κ1) is 11.5. The van der Waals surface area contributed by atoms with E-state index in [0.717, 1.165) is 35.7 Å². The van der Waals surface area contributed by atoms with Gasteiger partial charge in [-0.25, -0.2) is 0 Å². The number of carbonyl (C=O) groups excluding carboxylic acids is 1. The number of nitrogens with zero attached hydrogens (tertiary/aromatic N) is 1. The number of rotatable bonds is 2. The lowest BCUT2D eigenvalue weighted by Gasteiger charge is -2.25. The van der Waals surface area contributed by atoms with Crippen molar-refractivity contribution in [2.75, 3.05) is 0 Å². The molecule has 0 aromatic carbocycles. The first-order chi connectivity index (χ1) is 8.59. The summed E-state index contributed by atoms with van der Waals surface area (Å²) in [6.45, 7) is 4.41. The van der Waals surface area contributed by atoms with Crippen LogP contribution in [0.5, 0.6) is 0 Å². The van der Waals surface area contributed by atoms with Crippen molar-refractivity contribution in [1.82, 2.24) is 9.97 Å². The summed E-state index contributed by atoms with van der Waals surface area (Å²) in [6, 6.07) is 1.91. The van der Waals surface area contributed by atoms with Crippen molar-refractivity contribution in [3.05, 3.63) is 30.2 Å². The minimum absolute atomic E-state index is 0.128. The van der Waals surface area contributed by atoms with E-state index in [1.165, 1.54) is 0 Å². The average molecular weight is 242 g/mol. The highest BCUT2D eigenvalue weighted by atomic mass is 16.1. The van der Waals surface area contributed by atoms with Crippen LogP contribution in [0, 0.1) is 11.3 Å². The zero-order valence-corrected chi connectivity index (χ0v) is 10.9. The monoisotopic (exact) mass is 242 g/mol. The number of Topliss-reactive ketones (excluding diaryl/α,β-unsaturated/α-hetero) is 1. The fraction of sp³-hybridized carbons (Fsp3) is 0.467. The van der Waals surface area contributed by atoms with Gasteiger partial charge in [0, 0.05) is 41.0 Å². The van der Waals surface area contributed by atoms with Gasteiger partial charge < -0.3 is 4.98 Å². The molecule has 0 amide bonds. The Morgan fingerprint density at radius 3 is 3.06 bits per heavy atom. The van der Waals surface area contributed by atoms with Crippen molar-refractivity contribution < 1.29 is 4.79 Å². The maximum Gasteiger partial charge on any atom is 0.168 e. The van der Waals surface area contributed by atoms with E-state index < -0.39 is 0 Å². The molecule has 18 heavy (non-hydrogen) atoms. The Bertz CT molecular complexity index is 597. The molecule has 3 heteroatoms. The highest BCUT2D eigenvalue weighted by Crippen LogP contribution is 2.44. The Balaban J connectivity index is 2.02. The Morgan fingerprint density at radius 2 is 2.33 bits per heavy atom. The molecule has 1 saturated carbocycles. The third-order valence-electron chi connectivity index (χ3n) is 4.32. The van der Waals surface area contributed by atoms with E-state index in [9.17, 15) is 4.79 Å². The molecule has 0 spiro atoms. The summed E-state index contributed by atoms with van der Waals surface area (Å²) in [5.41, 5.74) is 1.92. The van der Waals surface area contributed by atoms with Gasteiger partial charge in [-0.15, -0.1) is 0 Å². The zero-order chi connectivity index (χ0) is 12.8. The molecule has 1 aliphatic carbocycles. The molecule has 0 saturated heterocycles. The SMILES string of the molecule is CC1(C)CCCC1C(=O)c1c[nH]c2ccncc12. The van der Waals surface area contributed by atoms with Gasteiger partial charge in [0.2, 0.25) is 0 Å². The smallest absolute Gasteiger partial charge is 0.168 e. The molecule has 1 N–H and O–H groups in total. The predicted octanol–water partition coefficient (Wildman–Crippen LogP) is 3.57. The second-order valence-electron chi connectivity index (χ2n) is 5.92. The molecule has 0 bridgehead atoms. The molecular formula is C15H18N2O. The van der Waals surface area contributed by atoms with Gasteiger partial charge in [0.25, 0.3) is 0 Å².